The fraction of sp³-hybridized carbons (Fsp3) is 0.455. The van der Waals surface area contributed by atoms with E-state index in [-0.39, 0.29) is 10.9 Å². The quantitative estimate of drug-likeness (QED) is 0.702. The smallest absolute Gasteiger partial charge is 0.242 e. The maximum atomic E-state index is 12.0. The van der Waals surface area contributed by atoms with E-state index in [4.69, 9.17) is 5.73 Å². The van der Waals surface area contributed by atoms with Crippen LogP contribution in [0.5, 0.6) is 0 Å². The van der Waals surface area contributed by atoms with E-state index in [0.29, 0.717) is 18.8 Å². The van der Waals surface area contributed by atoms with Crippen LogP contribution in [0.2, 0.25) is 0 Å². The van der Waals surface area contributed by atoms with Crippen molar-refractivity contribution in [2.45, 2.75) is 24.8 Å². The normalized spacial score (nSPS) is 11.8. The minimum absolute atomic E-state index is 0.137. The Morgan fingerprint density at radius 1 is 1.29 bits per heavy atom. The first-order valence-electron chi connectivity index (χ1n) is 5.52. The Morgan fingerprint density at radius 3 is 2.53 bits per heavy atom. The van der Waals surface area contributed by atoms with E-state index in [1.165, 1.54) is 0 Å². The summed E-state index contributed by atoms with van der Waals surface area (Å²) in [6.07, 6.45) is 0. The van der Waals surface area contributed by atoms with Gasteiger partial charge in [0, 0.05) is 19.1 Å². The van der Waals surface area contributed by atoms with Gasteiger partial charge in [0.15, 0.2) is 0 Å². The Morgan fingerprint density at radius 2 is 1.94 bits per heavy atom. The van der Waals surface area contributed by atoms with Crippen molar-refractivity contribution in [2.24, 2.45) is 5.73 Å². The molecule has 5 nitrogen and oxygen atoms in total. The van der Waals surface area contributed by atoms with Gasteiger partial charge in [-0.1, -0.05) is 12.1 Å². The van der Waals surface area contributed by atoms with Gasteiger partial charge in [-0.3, -0.25) is 0 Å². The zero-order valence-electron chi connectivity index (χ0n) is 10.1. The highest BCUT2D eigenvalue weighted by Gasteiger charge is 2.18. The van der Waals surface area contributed by atoms with Crippen LogP contribution in [0.25, 0.3) is 0 Å². The summed E-state index contributed by atoms with van der Waals surface area (Å²) in [5, 5.41) is 3.00. The number of nitrogens with two attached hydrogens (primary N) is 1. The molecule has 0 fully saturated rings. The van der Waals surface area contributed by atoms with Crippen molar-refractivity contribution in [3.8, 4) is 0 Å². The molecule has 1 aromatic rings. The number of rotatable bonds is 6. The standard InChI is InChI=1S/C11H19N3O2S/c1-9(2)14-17(15,16)11-6-4-3-5-10(11)13-8-7-12/h3-6,9,13-14H,7-8,12H2,1-2H3. The van der Waals surface area contributed by atoms with Gasteiger partial charge in [0.05, 0.1) is 5.69 Å². The minimum atomic E-state index is -3.47. The lowest BCUT2D eigenvalue weighted by Gasteiger charge is -2.14. The second kappa shape index (κ2) is 6.00. The first-order chi connectivity index (χ1) is 7.97. The second-order valence-corrected chi connectivity index (χ2v) is 5.67. The van der Waals surface area contributed by atoms with Gasteiger partial charge >= 0.3 is 0 Å². The Labute approximate surface area is 102 Å². The molecule has 0 unspecified atom stereocenters. The largest absolute Gasteiger partial charge is 0.383 e. The second-order valence-electron chi connectivity index (χ2n) is 3.99. The molecule has 0 bridgehead atoms. The molecule has 0 amide bonds. The fourth-order valence-electron chi connectivity index (χ4n) is 1.43. The summed E-state index contributed by atoms with van der Waals surface area (Å²) in [4.78, 5) is 0.252. The summed E-state index contributed by atoms with van der Waals surface area (Å²) in [5.74, 6) is 0. The number of hydrogen-bond acceptors (Lipinski definition) is 4. The van der Waals surface area contributed by atoms with Crippen LogP contribution in [-0.2, 0) is 10.0 Å². The zero-order valence-corrected chi connectivity index (χ0v) is 10.9. The molecule has 0 aliphatic rings. The molecular formula is C11H19N3O2S. The highest BCUT2D eigenvalue weighted by atomic mass is 32.2. The van der Waals surface area contributed by atoms with Crippen molar-refractivity contribution in [3.63, 3.8) is 0 Å². The molecule has 1 aromatic carbocycles. The van der Waals surface area contributed by atoms with Gasteiger partial charge in [-0.2, -0.15) is 0 Å². The number of anilines is 1. The van der Waals surface area contributed by atoms with Crippen molar-refractivity contribution in [3.05, 3.63) is 24.3 Å². The average Bonchev–Trinajstić information content (AvgIpc) is 2.25. The van der Waals surface area contributed by atoms with E-state index in [1.54, 1.807) is 38.1 Å². The van der Waals surface area contributed by atoms with Crippen molar-refractivity contribution in [1.82, 2.24) is 4.72 Å². The zero-order chi connectivity index (χ0) is 12.9. The monoisotopic (exact) mass is 257 g/mol. The van der Waals surface area contributed by atoms with E-state index in [0.717, 1.165) is 0 Å². The first-order valence-corrected chi connectivity index (χ1v) is 7.01. The van der Waals surface area contributed by atoms with Crippen LogP contribution in [0.15, 0.2) is 29.2 Å². The maximum Gasteiger partial charge on any atom is 0.242 e. The van der Waals surface area contributed by atoms with Crippen LogP contribution in [0, 0.1) is 0 Å². The number of nitrogens with one attached hydrogen (secondary N) is 2. The molecule has 0 radical (unpaired) electrons. The lowest BCUT2D eigenvalue weighted by Crippen LogP contribution is -2.31. The van der Waals surface area contributed by atoms with Gasteiger partial charge < -0.3 is 11.1 Å². The molecule has 0 spiro atoms. The third kappa shape index (κ3) is 3.99. The Kier molecular flexibility index (Phi) is 4.92. The van der Waals surface area contributed by atoms with Crippen molar-refractivity contribution in [1.29, 1.82) is 0 Å². The summed E-state index contributed by atoms with van der Waals surface area (Å²) in [5.41, 5.74) is 5.96. The lowest BCUT2D eigenvalue weighted by molar-refractivity contribution is 0.570. The number of hydrogen-bond donors (Lipinski definition) is 3. The number of sulfonamides is 1. The van der Waals surface area contributed by atoms with Crippen molar-refractivity contribution in [2.75, 3.05) is 18.4 Å². The molecule has 0 heterocycles. The molecular weight excluding hydrogens is 238 g/mol. The van der Waals surface area contributed by atoms with Crippen LogP contribution in [-0.4, -0.2) is 27.5 Å². The minimum Gasteiger partial charge on any atom is -0.383 e. The lowest BCUT2D eigenvalue weighted by atomic mass is 10.3. The van der Waals surface area contributed by atoms with Gasteiger partial charge in [0.1, 0.15) is 4.90 Å². The van der Waals surface area contributed by atoms with Crippen LogP contribution >= 0.6 is 0 Å². The summed E-state index contributed by atoms with van der Waals surface area (Å²) in [7, 11) is -3.47. The molecule has 0 saturated carbocycles. The van der Waals surface area contributed by atoms with E-state index < -0.39 is 10.0 Å². The van der Waals surface area contributed by atoms with Crippen molar-refractivity contribution < 1.29 is 8.42 Å². The van der Waals surface area contributed by atoms with Gasteiger partial charge in [0.2, 0.25) is 10.0 Å². The summed E-state index contributed by atoms with van der Waals surface area (Å²) in [6.45, 7) is 4.56. The molecule has 4 N–H and O–H groups in total. The summed E-state index contributed by atoms with van der Waals surface area (Å²) < 4.78 is 26.6. The van der Waals surface area contributed by atoms with Crippen LogP contribution in [0.1, 0.15) is 13.8 Å². The van der Waals surface area contributed by atoms with E-state index in [9.17, 15) is 8.42 Å². The third-order valence-electron chi connectivity index (χ3n) is 2.03. The fourth-order valence-corrected chi connectivity index (χ4v) is 2.86. The summed E-state index contributed by atoms with van der Waals surface area (Å²) in [6, 6.07) is 6.65. The van der Waals surface area contributed by atoms with Crippen LogP contribution < -0.4 is 15.8 Å². The molecule has 0 saturated heterocycles. The molecule has 0 aromatic heterocycles. The van der Waals surface area contributed by atoms with Gasteiger partial charge in [-0.25, -0.2) is 13.1 Å². The average molecular weight is 257 g/mol. The molecule has 6 heteroatoms. The number of benzene rings is 1. The molecule has 0 aliphatic heterocycles. The molecule has 96 valence electrons. The maximum absolute atomic E-state index is 12.0. The Hall–Kier alpha value is -1.11. The summed E-state index contributed by atoms with van der Waals surface area (Å²) >= 11 is 0. The Balaban J connectivity index is 3.04. The van der Waals surface area contributed by atoms with Gasteiger partial charge in [-0.05, 0) is 26.0 Å². The molecule has 0 atom stereocenters. The Bertz CT molecular complexity index is 458. The topological polar surface area (TPSA) is 84.2 Å². The molecule has 0 aliphatic carbocycles. The first kappa shape index (κ1) is 14.0. The van der Waals surface area contributed by atoms with E-state index >= 15 is 0 Å². The third-order valence-corrected chi connectivity index (χ3v) is 3.74. The van der Waals surface area contributed by atoms with Gasteiger partial charge in [-0.15, -0.1) is 0 Å². The van der Waals surface area contributed by atoms with Gasteiger partial charge in [0.25, 0.3) is 0 Å². The molecule has 1 rings (SSSR count). The highest BCUT2D eigenvalue weighted by Crippen LogP contribution is 2.20. The highest BCUT2D eigenvalue weighted by molar-refractivity contribution is 7.89. The predicted octanol–water partition coefficient (Wildman–Crippen LogP) is 0.744. The van der Waals surface area contributed by atoms with Crippen molar-refractivity contribution >= 4 is 15.7 Å². The van der Waals surface area contributed by atoms with E-state index in [2.05, 4.69) is 10.0 Å². The van der Waals surface area contributed by atoms with E-state index in [1.807, 2.05) is 0 Å². The SMILES string of the molecule is CC(C)NS(=O)(=O)c1ccccc1NCCN. The number of para-hydroxylation sites is 1. The van der Waals surface area contributed by atoms with Crippen LogP contribution in [0.3, 0.4) is 0 Å². The van der Waals surface area contributed by atoms with Crippen LogP contribution in [0.4, 0.5) is 5.69 Å². The predicted molar refractivity (Wildman–Crippen MR) is 69.4 cm³/mol. The molecule has 17 heavy (non-hydrogen) atoms.